The minimum atomic E-state index is -2.20. The molecule has 4 aromatic carbocycles. The van der Waals surface area contributed by atoms with Crippen LogP contribution >= 0.6 is 0 Å². The molecule has 0 unspecified atom stereocenters. The van der Waals surface area contributed by atoms with Crippen molar-refractivity contribution in [1.82, 2.24) is 0 Å². The van der Waals surface area contributed by atoms with Crippen LogP contribution in [0.3, 0.4) is 0 Å². The van der Waals surface area contributed by atoms with Crippen LogP contribution in [0.25, 0.3) is 0 Å². The Labute approximate surface area is 347 Å². The molecule has 0 bridgehead atoms. The molecule has 0 fully saturated rings. The second kappa shape index (κ2) is 23.6. The molecule has 0 saturated heterocycles. The monoisotopic (exact) mass is 824 g/mol. The van der Waals surface area contributed by atoms with Crippen LogP contribution in [-0.2, 0) is 50.5 Å². The van der Waals surface area contributed by atoms with Crippen LogP contribution in [0.15, 0.2) is 19.6 Å². The average Bonchev–Trinajstić information content (AvgIpc) is 3.08. The second-order valence-corrected chi connectivity index (χ2v) is 9.23. The van der Waals surface area contributed by atoms with Gasteiger partial charge in [0.15, 0.2) is 69.8 Å². The quantitative estimate of drug-likeness (QED) is 0.0618. The van der Waals surface area contributed by atoms with Gasteiger partial charge in [0.05, 0.1) is 0 Å². The maximum Gasteiger partial charge on any atom is 1.00 e. The van der Waals surface area contributed by atoms with Crippen LogP contribution in [0.5, 0.6) is 0 Å². The summed E-state index contributed by atoms with van der Waals surface area (Å²) in [4.78, 5) is -5.14. The summed E-state index contributed by atoms with van der Waals surface area (Å²) in [5.74, 6) is -40.7. The van der Waals surface area contributed by atoms with E-state index in [0.717, 1.165) is 0 Å². The first-order valence-corrected chi connectivity index (χ1v) is 12.2. The van der Waals surface area contributed by atoms with Crippen molar-refractivity contribution in [3.8, 4) is 0 Å². The Morgan fingerprint density at radius 3 is 0.288 bits per heavy atom. The largest absolute Gasteiger partial charge is 1.00 e. The van der Waals surface area contributed by atoms with Gasteiger partial charge in [-0.3, -0.25) is 0 Å². The van der Waals surface area contributed by atoms with E-state index in [4.69, 9.17) is 0 Å². The molecule has 52 heavy (non-hydrogen) atoms. The molecule has 0 aromatic heterocycles. The standard InChI is InChI=1S/4C6HF5S.4Li/c4*7-1-2(8)4(10)6(12)5(11)3(1)9;;;;/h4*12H;;;;/q;;;;4*+1/p-4. The van der Waals surface area contributed by atoms with E-state index in [2.05, 4.69) is 50.5 Å². The van der Waals surface area contributed by atoms with Crippen molar-refractivity contribution in [1.29, 1.82) is 0 Å². The molecule has 28 heteroatoms. The van der Waals surface area contributed by atoms with Gasteiger partial charge in [0.25, 0.3) is 0 Å². The molecule has 0 radical (unpaired) electrons. The zero-order chi connectivity index (χ0) is 37.9. The Bertz CT molecular complexity index is 1210. The van der Waals surface area contributed by atoms with E-state index in [1.807, 2.05) is 0 Å². The third-order valence-corrected chi connectivity index (χ3v) is 6.11. The number of benzene rings is 4. The molecule has 0 amide bonds. The van der Waals surface area contributed by atoms with E-state index in [-0.39, 0.29) is 75.4 Å². The summed E-state index contributed by atoms with van der Waals surface area (Å²) in [5, 5.41) is 0. The Morgan fingerprint density at radius 2 is 0.212 bits per heavy atom. The summed E-state index contributed by atoms with van der Waals surface area (Å²) in [6, 6.07) is 0. The molecule has 0 heterocycles. The Balaban J connectivity index is -0.000000288. The Kier molecular flexibility index (Phi) is 26.1. The van der Waals surface area contributed by atoms with Crippen LogP contribution < -0.4 is 75.4 Å². The van der Waals surface area contributed by atoms with E-state index in [1.165, 1.54) is 0 Å². The smallest absolute Gasteiger partial charge is 0.774 e. The molecule has 264 valence electrons. The molecule has 0 nitrogen and oxygen atoms in total. The van der Waals surface area contributed by atoms with Crippen LogP contribution in [0, 0.1) is 116 Å². The minimum Gasteiger partial charge on any atom is -0.774 e. The maximum absolute atomic E-state index is 12.3. The van der Waals surface area contributed by atoms with Gasteiger partial charge in [-0.25, -0.2) is 87.8 Å². The molecule has 0 aliphatic heterocycles. The van der Waals surface area contributed by atoms with Crippen LogP contribution in [-0.4, -0.2) is 0 Å². The molecule has 4 aromatic rings. The van der Waals surface area contributed by atoms with Crippen LogP contribution in [0.1, 0.15) is 0 Å². The van der Waals surface area contributed by atoms with Gasteiger partial charge in [0, 0.05) is 0 Å². The molecule has 0 aliphatic rings. The van der Waals surface area contributed by atoms with E-state index in [1.54, 1.807) is 0 Å². The second-order valence-electron chi connectivity index (χ2n) is 7.60. The zero-order valence-corrected chi connectivity index (χ0v) is 28.5. The first-order valence-electron chi connectivity index (χ1n) is 10.6. The van der Waals surface area contributed by atoms with Crippen molar-refractivity contribution < 1.29 is 163 Å². The first kappa shape index (κ1) is 57.5. The molecule has 0 spiro atoms. The van der Waals surface area contributed by atoms with Crippen molar-refractivity contribution in [2.24, 2.45) is 0 Å². The molecule has 0 aliphatic carbocycles. The molecular weight excluding hydrogens is 824 g/mol. The third kappa shape index (κ3) is 12.4. The van der Waals surface area contributed by atoms with Gasteiger partial charge in [0.2, 0.25) is 0 Å². The number of hydrogen-bond donors (Lipinski definition) is 0. The fourth-order valence-electron chi connectivity index (χ4n) is 2.34. The zero-order valence-electron chi connectivity index (χ0n) is 25.2. The van der Waals surface area contributed by atoms with Gasteiger partial charge >= 0.3 is 75.4 Å². The number of rotatable bonds is 0. The number of hydrogen-bond acceptors (Lipinski definition) is 4. The Morgan fingerprint density at radius 1 is 0.154 bits per heavy atom. The SMILES string of the molecule is Fc1c(F)c(F)c([S-])c(F)c1F.Fc1c(F)c(F)c([S-])c(F)c1F.Fc1c(F)c(F)c([S-])c(F)c1F.Fc1c(F)c(F)c([S-])c(F)c1F.[Li+].[Li+].[Li+].[Li+]. The predicted octanol–water partition coefficient (Wildman–Crippen LogP) is -2.83. The fraction of sp³-hybridized carbons (Fsp3) is 0. The first-order chi connectivity index (χ1) is 21.9. The van der Waals surface area contributed by atoms with Gasteiger partial charge in [0.1, 0.15) is 46.5 Å². The Hall–Kier alpha value is -1.25. The molecule has 0 atom stereocenters. The van der Waals surface area contributed by atoms with Gasteiger partial charge < -0.3 is 50.5 Å². The molecule has 4 rings (SSSR count). The van der Waals surface area contributed by atoms with E-state index in [9.17, 15) is 87.8 Å². The van der Waals surface area contributed by atoms with Crippen molar-refractivity contribution in [3.05, 3.63) is 116 Å². The van der Waals surface area contributed by atoms with Crippen molar-refractivity contribution in [2.45, 2.75) is 19.6 Å². The van der Waals surface area contributed by atoms with Gasteiger partial charge in [-0.05, 0) is 0 Å². The topological polar surface area (TPSA) is 0 Å². The van der Waals surface area contributed by atoms with E-state index < -0.39 is 136 Å². The minimum absolute atomic E-state index is 0. The van der Waals surface area contributed by atoms with E-state index >= 15 is 0 Å². The summed E-state index contributed by atoms with van der Waals surface area (Å²) >= 11 is 15.7. The summed E-state index contributed by atoms with van der Waals surface area (Å²) in [5.41, 5.74) is 0. The fourth-order valence-corrected chi connectivity index (χ4v) is 3.06. The summed E-state index contributed by atoms with van der Waals surface area (Å²) in [6.45, 7) is 0. The average molecular weight is 824 g/mol. The van der Waals surface area contributed by atoms with Crippen LogP contribution in [0.2, 0.25) is 0 Å². The summed E-state index contributed by atoms with van der Waals surface area (Å²) in [6.07, 6.45) is 0. The molecule has 0 N–H and O–H groups in total. The normalized spacial score (nSPS) is 9.62. The van der Waals surface area contributed by atoms with Crippen molar-refractivity contribution in [3.63, 3.8) is 0 Å². The maximum atomic E-state index is 12.3. The third-order valence-electron chi connectivity index (χ3n) is 4.68. The van der Waals surface area contributed by atoms with Gasteiger partial charge in [-0.2, -0.15) is 0 Å². The molecular formula is C24F20Li4S4. The summed E-state index contributed by atoms with van der Waals surface area (Å²) in [7, 11) is 0. The van der Waals surface area contributed by atoms with Gasteiger partial charge in [-0.1, -0.05) is 19.6 Å². The van der Waals surface area contributed by atoms with Crippen LogP contribution in [0.4, 0.5) is 87.8 Å². The predicted molar refractivity (Wildman–Crippen MR) is 127 cm³/mol. The molecule has 0 saturated carbocycles. The number of halogens is 20. The van der Waals surface area contributed by atoms with Crippen molar-refractivity contribution >= 4 is 50.5 Å². The van der Waals surface area contributed by atoms with E-state index in [0.29, 0.717) is 0 Å². The van der Waals surface area contributed by atoms with Crippen molar-refractivity contribution in [2.75, 3.05) is 0 Å². The summed E-state index contributed by atoms with van der Waals surface area (Å²) < 4.78 is 245. The van der Waals surface area contributed by atoms with Gasteiger partial charge in [-0.15, -0.1) is 0 Å².